The van der Waals surface area contributed by atoms with Crippen LogP contribution >= 0.6 is 11.8 Å². The Kier molecular flexibility index (Phi) is 7.20. The van der Waals surface area contributed by atoms with E-state index in [1.54, 1.807) is 0 Å². The SMILES string of the molecule is CC(C)(C)c1c(SCC2CCCC2)cccc1C(O)CCOC(N)=O. The Morgan fingerprint density at radius 2 is 2.04 bits per heavy atom. The highest BCUT2D eigenvalue weighted by Gasteiger charge is 2.26. The molecule has 0 aliphatic heterocycles. The van der Waals surface area contributed by atoms with E-state index in [2.05, 4.69) is 26.8 Å². The third-order valence-electron chi connectivity index (χ3n) is 4.75. The van der Waals surface area contributed by atoms with Crippen LogP contribution in [0.1, 0.15) is 70.1 Å². The standard InChI is InChI=1S/C20H31NO3S/c1-20(2,3)18-15(16(22)11-12-24-19(21)23)9-6-10-17(18)25-13-14-7-4-5-8-14/h6,9-10,14,16,22H,4-5,7-8,11-13H2,1-3H3,(H2,21,23). The topological polar surface area (TPSA) is 72.6 Å². The quantitative estimate of drug-likeness (QED) is 0.682. The van der Waals surface area contributed by atoms with Crippen LogP contribution < -0.4 is 5.73 Å². The molecular weight excluding hydrogens is 334 g/mol. The molecule has 1 aliphatic rings. The summed E-state index contributed by atoms with van der Waals surface area (Å²) in [4.78, 5) is 12.0. The van der Waals surface area contributed by atoms with E-state index in [0.717, 1.165) is 17.2 Å². The summed E-state index contributed by atoms with van der Waals surface area (Å²) in [6.07, 6.45) is 4.27. The molecule has 0 spiro atoms. The molecular formula is C20H31NO3S. The van der Waals surface area contributed by atoms with Crippen LogP contribution in [-0.2, 0) is 10.2 Å². The molecule has 140 valence electrons. The van der Waals surface area contributed by atoms with Gasteiger partial charge in [-0.1, -0.05) is 45.7 Å². The van der Waals surface area contributed by atoms with Crippen molar-refractivity contribution >= 4 is 17.9 Å². The number of hydrogen-bond donors (Lipinski definition) is 2. The van der Waals surface area contributed by atoms with Gasteiger partial charge in [-0.05, 0) is 41.4 Å². The summed E-state index contributed by atoms with van der Waals surface area (Å²) in [7, 11) is 0. The van der Waals surface area contributed by atoms with Crippen molar-refractivity contribution in [3.63, 3.8) is 0 Å². The van der Waals surface area contributed by atoms with E-state index in [4.69, 9.17) is 10.5 Å². The van der Waals surface area contributed by atoms with Gasteiger partial charge in [0.25, 0.3) is 0 Å². The molecule has 3 N–H and O–H groups in total. The third kappa shape index (κ3) is 5.93. The van der Waals surface area contributed by atoms with Gasteiger partial charge in [0.15, 0.2) is 0 Å². The number of amides is 1. The van der Waals surface area contributed by atoms with Crippen LogP contribution in [0, 0.1) is 5.92 Å². The Labute approximate surface area is 155 Å². The zero-order valence-electron chi connectivity index (χ0n) is 15.6. The highest BCUT2D eigenvalue weighted by Crippen LogP contribution is 2.40. The van der Waals surface area contributed by atoms with Crippen LogP contribution in [0.4, 0.5) is 4.79 Å². The molecule has 5 heteroatoms. The normalized spacial score (nSPS) is 16.8. The molecule has 0 aromatic heterocycles. The lowest BCUT2D eigenvalue weighted by atomic mass is 9.82. The van der Waals surface area contributed by atoms with Crippen LogP contribution in [0.15, 0.2) is 23.1 Å². The predicted octanol–water partition coefficient (Wildman–Crippen LogP) is 4.79. The van der Waals surface area contributed by atoms with Gasteiger partial charge in [0, 0.05) is 17.1 Å². The van der Waals surface area contributed by atoms with Crippen molar-refractivity contribution in [3.8, 4) is 0 Å². The summed E-state index contributed by atoms with van der Waals surface area (Å²) >= 11 is 1.92. The number of thioether (sulfide) groups is 1. The van der Waals surface area contributed by atoms with Gasteiger partial charge in [-0.15, -0.1) is 11.8 Å². The van der Waals surface area contributed by atoms with Gasteiger partial charge < -0.3 is 15.6 Å². The zero-order chi connectivity index (χ0) is 18.4. The minimum atomic E-state index is -0.802. The van der Waals surface area contributed by atoms with Crippen molar-refractivity contribution in [2.75, 3.05) is 12.4 Å². The van der Waals surface area contributed by atoms with Crippen molar-refractivity contribution in [2.24, 2.45) is 11.7 Å². The summed E-state index contributed by atoms with van der Waals surface area (Å²) in [6, 6.07) is 6.16. The first-order valence-corrected chi connectivity index (χ1v) is 10.1. The number of aliphatic hydroxyl groups excluding tert-OH is 1. The summed E-state index contributed by atoms with van der Waals surface area (Å²) in [6.45, 7) is 6.66. The highest BCUT2D eigenvalue weighted by atomic mass is 32.2. The number of nitrogens with two attached hydrogens (primary N) is 1. The summed E-state index contributed by atoms with van der Waals surface area (Å²) in [5.41, 5.74) is 7.05. The lowest BCUT2D eigenvalue weighted by molar-refractivity contribution is 0.110. The van der Waals surface area contributed by atoms with E-state index in [-0.39, 0.29) is 12.0 Å². The fourth-order valence-corrected chi connectivity index (χ4v) is 5.05. The third-order valence-corrected chi connectivity index (χ3v) is 6.04. The molecule has 1 unspecified atom stereocenters. The van der Waals surface area contributed by atoms with Gasteiger partial charge in [-0.3, -0.25) is 0 Å². The smallest absolute Gasteiger partial charge is 0.404 e. The molecule has 2 rings (SSSR count). The van der Waals surface area contributed by atoms with Gasteiger partial charge in [0.2, 0.25) is 0 Å². The first-order valence-electron chi connectivity index (χ1n) is 9.15. The summed E-state index contributed by atoms with van der Waals surface area (Å²) < 4.78 is 4.78. The number of benzene rings is 1. The van der Waals surface area contributed by atoms with Crippen LogP contribution in [0.5, 0.6) is 0 Å². The summed E-state index contributed by atoms with van der Waals surface area (Å²) in [5, 5.41) is 10.6. The second kappa shape index (κ2) is 8.95. The fourth-order valence-electron chi connectivity index (χ4n) is 3.56. The maximum absolute atomic E-state index is 10.7. The maximum atomic E-state index is 10.7. The molecule has 1 aliphatic carbocycles. The Bertz CT molecular complexity index is 577. The molecule has 1 aromatic carbocycles. The van der Waals surface area contributed by atoms with E-state index in [1.807, 2.05) is 23.9 Å². The lowest BCUT2D eigenvalue weighted by Crippen LogP contribution is -2.19. The van der Waals surface area contributed by atoms with E-state index >= 15 is 0 Å². The van der Waals surface area contributed by atoms with Crippen molar-refractivity contribution in [1.82, 2.24) is 0 Å². The second-order valence-electron chi connectivity index (χ2n) is 7.90. The van der Waals surface area contributed by atoms with E-state index in [9.17, 15) is 9.90 Å². The molecule has 0 heterocycles. The zero-order valence-corrected chi connectivity index (χ0v) is 16.4. The molecule has 4 nitrogen and oxygen atoms in total. The fraction of sp³-hybridized carbons (Fsp3) is 0.650. The number of carbonyl (C=O) groups is 1. The van der Waals surface area contributed by atoms with Crippen molar-refractivity contribution in [3.05, 3.63) is 29.3 Å². The average molecular weight is 366 g/mol. The van der Waals surface area contributed by atoms with E-state index in [0.29, 0.717) is 6.42 Å². The van der Waals surface area contributed by atoms with Crippen molar-refractivity contribution < 1.29 is 14.6 Å². The first kappa shape index (κ1) is 20.1. The molecule has 1 fully saturated rings. The molecule has 25 heavy (non-hydrogen) atoms. The average Bonchev–Trinajstić information content (AvgIpc) is 3.04. The van der Waals surface area contributed by atoms with Gasteiger partial charge in [0.05, 0.1) is 12.7 Å². The maximum Gasteiger partial charge on any atom is 0.404 e. The van der Waals surface area contributed by atoms with Crippen molar-refractivity contribution in [2.45, 2.75) is 69.3 Å². The molecule has 0 saturated heterocycles. The van der Waals surface area contributed by atoms with Crippen LogP contribution in [0.25, 0.3) is 0 Å². The molecule has 1 aromatic rings. The number of rotatable bonds is 7. The number of aliphatic hydroxyl groups is 1. The van der Waals surface area contributed by atoms with Gasteiger partial charge in [0.1, 0.15) is 0 Å². The Morgan fingerprint density at radius 3 is 2.64 bits per heavy atom. The summed E-state index contributed by atoms with van der Waals surface area (Å²) in [5.74, 6) is 1.96. The monoisotopic (exact) mass is 365 g/mol. The first-order chi connectivity index (χ1) is 11.8. The Morgan fingerprint density at radius 1 is 1.36 bits per heavy atom. The van der Waals surface area contributed by atoms with Gasteiger partial charge in [-0.2, -0.15) is 0 Å². The Balaban J connectivity index is 2.17. The number of primary amides is 1. The molecule has 1 atom stereocenters. The largest absolute Gasteiger partial charge is 0.450 e. The Hall–Kier alpha value is -1.20. The molecule has 0 bridgehead atoms. The van der Waals surface area contributed by atoms with Crippen LogP contribution in [0.3, 0.4) is 0 Å². The minimum absolute atomic E-state index is 0.0693. The van der Waals surface area contributed by atoms with E-state index < -0.39 is 12.2 Å². The second-order valence-corrected chi connectivity index (χ2v) is 8.97. The predicted molar refractivity (Wildman–Crippen MR) is 103 cm³/mol. The highest BCUT2D eigenvalue weighted by molar-refractivity contribution is 7.99. The number of hydrogen-bond acceptors (Lipinski definition) is 4. The number of carbonyl (C=O) groups excluding carboxylic acids is 1. The van der Waals surface area contributed by atoms with E-state index in [1.165, 1.54) is 36.1 Å². The molecule has 1 amide bonds. The van der Waals surface area contributed by atoms with Crippen LogP contribution in [0.2, 0.25) is 0 Å². The number of ether oxygens (including phenoxy) is 1. The van der Waals surface area contributed by atoms with Crippen molar-refractivity contribution in [1.29, 1.82) is 0 Å². The molecule has 1 saturated carbocycles. The van der Waals surface area contributed by atoms with Crippen LogP contribution in [-0.4, -0.2) is 23.6 Å². The minimum Gasteiger partial charge on any atom is -0.450 e. The molecule has 0 radical (unpaired) electrons. The van der Waals surface area contributed by atoms with Gasteiger partial charge in [-0.25, -0.2) is 4.79 Å². The lowest BCUT2D eigenvalue weighted by Gasteiger charge is -2.28. The van der Waals surface area contributed by atoms with Gasteiger partial charge >= 0.3 is 6.09 Å².